The Morgan fingerprint density at radius 1 is 1.31 bits per heavy atom. The largest absolute Gasteiger partial charge is 0.356 e. The van der Waals surface area contributed by atoms with Gasteiger partial charge in [-0.15, -0.1) is 0 Å². The fourth-order valence-electron chi connectivity index (χ4n) is 3.55. The topological polar surface area (TPSA) is 82.3 Å². The molecule has 7 heteroatoms. The highest BCUT2D eigenvalue weighted by molar-refractivity contribution is 6.06. The molecule has 1 fully saturated rings. The number of pyridine rings is 1. The van der Waals surface area contributed by atoms with E-state index in [1.165, 1.54) is 31.2 Å². The highest BCUT2D eigenvalue weighted by Gasteiger charge is 2.28. The van der Waals surface area contributed by atoms with E-state index in [1.54, 1.807) is 4.90 Å². The number of fused-ring (bicyclic) bond motifs is 1. The second kappa shape index (κ2) is 7.68. The molecule has 0 radical (unpaired) electrons. The quantitative estimate of drug-likeness (QED) is 0.878. The van der Waals surface area contributed by atoms with Gasteiger partial charge in [0.25, 0.3) is 5.91 Å². The fourth-order valence-corrected chi connectivity index (χ4v) is 3.55. The molecule has 0 bridgehead atoms. The molecule has 1 saturated heterocycles. The number of hydrogen-bond acceptors (Lipinski definition) is 3. The Morgan fingerprint density at radius 2 is 2.12 bits per heavy atom. The number of amides is 2. The molecule has 2 amide bonds. The Hall–Kier alpha value is -2.70. The number of piperidine rings is 1. The lowest BCUT2D eigenvalue weighted by Crippen LogP contribution is -2.45. The molecule has 1 aliphatic heterocycles. The van der Waals surface area contributed by atoms with Gasteiger partial charge in [0.1, 0.15) is 5.82 Å². The molecule has 2 heterocycles. The highest BCUT2D eigenvalue weighted by atomic mass is 19.1. The van der Waals surface area contributed by atoms with E-state index in [0.717, 1.165) is 19.3 Å². The van der Waals surface area contributed by atoms with Gasteiger partial charge in [-0.1, -0.05) is 0 Å². The number of benzene rings is 1. The number of carbonyl (C=O) groups is 2. The molecule has 1 aromatic heterocycles. The summed E-state index contributed by atoms with van der Waals surface area (Å²) in [4.78, 5) is 40.5. The average molecular weight is 359 g/mol. The minimum Gasteiger partial charge on any atom is -0.356 e. The van der Waals surface area contributed by atoms with Crippen molar-refractivity contribution in [2.45, 2.75) is 38.6 Å². The molecule has 3 rings (SSSR count). The van der Waals surface area contributed by atoms with Crippen LogP contribution in [0.3, 0.4) is 0 Å². The van der Waals surface area contributed by atoms with E-state index in [1.807, 2.05) is 0 Å². The third kappa shape index (κ3) is 3.92. The summed E-state index contributed by atoms with van der Waals surface area (Å²) in [5.41, 5.74) is 0.168. The molecular weight excluding hydrogens is 337 g/mol. The summed E-state index contributed by atoms with van der Waals surface area (Å²) in [6.45, 7) is 2.58. The van der Waals surface area contributed by atoms with Crippen LogP contribution >= 0.6 is 0 Å². The number of aromatic nitrogens is 1. The summed E-state index contributed by atoms with van der Waals surface area (Å²) in [5.74, 6) is -0.787. The van der Waals surface area contributed by atoms with Gasteiger partial charge in [-0.2, -0.15) is 0 Å². The first-order valence-electron chi connectivity index (χ1n) is 8.83. The number of hydrogen-bond donors (Lipinski definition) is 2. The summed E-state index contributed by atoms with van der Waals surface area (Å²) >= 11 is 0. The number of carbonyl (C=O) groups excluding carboxylic acids is 2. The molecule has 0 spiro atoms. The van der Waals surface area contributed by atoms with Gasteiger partial charge < -0.3 is 15.2 Å². The van der Waals surface area contributed by atoms with Gasteiger partial charge in [-0.05, 0) is 43.9 Å². The van der Waals surface area contributed by atoms with Crippen molar-refractivity contribution >= 4 is 22.7 Å². The van der Waals surface area contributed by atoms with Crippen molar-refractivity contribution in [3.8, 4) is 0 Å². The first kappa shape index (κ1) is 18.1. The van der Waals surface area contributed by atoms with Crippen LogP contribution in [0, 0.1) is 5.82 Å². The predicted molar refractivity (Wildman–Crippen MR) is 96.5 cm³/mol. The number of nitrogens with one attached hydrogen (secondary N) is 2. The van der Waals surface area contributed by atoms with Gasteiger partial charge in [0.05, 0.1) is 11.1 Å². The molecule has 1 aliphatic rings. The van der Waals surface area contributed by atoms with E-state index in [9.17, 15) is 18.8 Å². The smallest absolute Gasteiger partial charge is 0.254 e. The standard InChI is InChI=1S/C19H22FN3O3/c1-12(24)21-8-7-14-4-2-3-9-23(14)19(26)16-11-18(25)22-17-10-13(20)5-6-15(16)17/h5-6,10-11,14H,2-4,7-9H2,1H3,(H,21,24)(H,22,25)/t14-/m1/s1. The van der Waals surface area contributed by atoms with Crippen molar-refractivity contribution in [2.24, 2.45) is 0 Å². The Kier molecular flexibility index (Phi) is 5.35. The first-order chi connectivity index (χ1) is 12.5. The second-order valence-corrected chi connectivity index (χ2v) is 6.66. The Morgan fingerprint density at radius 3 is 2.88 bits per heavy atom. The first-order valence-corrected chi connectivity index (χ1v) is 8.83. The second-order valence-electron chi connectivity index (χ2n) is 6.66. The zero-order valence-electron chi connectivity index (χ0n) is 14.7. The fraction of sp³-hybridized carbons (Fsp3) is 0.421. The van der Waals surface area contributed by atoms with Gasteiger partial charge in [0.2, 0.25) is 11.5 Å². The van der Waals surface area contributed by atoms with Crippen molar-refractivity contribution in [3.63, 3.8) is 0 Å². The Balaban J connectivity index is 1.90. The molecule has 2 N–H and O–H groups in total. The van der Waals surface area contributed by atoms with Crippen LogP contribution in [0.1, 0.15) is 43.0 Å². The number of halogens is 1. The number of nitrogens with zero attached hydrogens (tertiary/aromatic N) is 1. The molecule has 138 valence electrons. The third-order valence-corrected chi connectivity index (χ3v) is 4.78. The van der Waals surface area contributed by atoms with E-state index in [-0.39, 0.29) is 23.4 Å². The lowest BCUT2D eigenvalue weighted by molar-refractivity contribution is -0.119. The van der Waals surface area contributed by atoms with Crippen LogP contribution < -0.4 is 10.9 Å². The summed E-state index contributed by atoms with van der Waals surface area (Å²) in [7, 11) is 0. The monoisotopic (exact) mass is 359 g/mol. The number of H-pyrrole nitrogens is 1. The maximum absolute atomic E-state index is 13.5. The van der Waals surface area contributed by atoms with Gasteiger partial charge >= 0.3 is 0 Å². The van der Waals surface area contributed by atoms with Gasteiger partial charge in [0.15, 0.2) is 0 Å². The summed E-state index contributed by atoms with van der Waals surface area (Å²) in [6.07, 6.45) is 3.45. The molecule has 26 heavy (non-hydrogen) atoms. The average Bonchev–Trinajstić information content (AvgIpc) is 2.60. The van der Waals surface area contributed by atoms with Gasteiger partial charge in [-0.3, -0.25) is 14.4 Å². The van der Waals surface area contributed by atoms with Crippen LogP contribution in [0.4, 0.5) is 4.39 Å². The molecule has 0 saturated carbocycles. The van der Waals surface area contributed by atoms with Crippen molar-refractivity contribution in [3.05, 3.63) is 46.0 Å². The van der Waals surface area contributed by atoms with Crippen LogP contribution in [0.25, 0.3) is 10.9 Å². The summed E-state index contributed by atoms with van der Waals surface area (Å²) in [5, 5.41) is 3.29. The van der Waals surface area contributed by atoms with Crippen molar-refractivity contribution < 1.29 is 14.0 Å². The van der Waals surface area contributed by atoms with E-state index < -0.39 is 11.4 Å². The molecular formula is C19H22FN3O3. The predicted octanol–water partition coefficient (Wildman–Crippen LogP) is 2.19. The maximum atomic E-state index is 13.5. The number of aromatic amines is 1. The number of likely N-dealkylation sites (tertiary alicyclic amines) is 1. The SMILES string of the molecule is CC(=O)NCC[C@H]1CCCCN1C(=O)c1cc(=O)[nH]c2cc(F)ccc12. The van der Waals surface area contributed by atoms with E-state index >= 15 is 0 Å². The molecule has 1 aromatic carbocycles. The lowest BCUT2D eigenvalue weighted by Gasteiger charge is -2.36. The summed E-state index contributed by atoms with van der Waals surface area (Å²) in [6, 6.07) is 5.31. The van der Waals surface area contributed by atoms with E-state index in [4.69, 9.17) is 0 Å². The lowest BCUT2D eigenvalue weighted by atomic mass is 9.97. The Labute approximate surface area is 150 Å². The zero-order valence-corrected chi connectivity index (χ0v) is 14.7. The van der Waals surface area contributed by atoms with Crippen LogP contribution in [0.15, 0.2) is 29.1 Å². The zero-order chi connectivity index (χ0) is 18.7. The van der Waals surface area contributed by atoms with Crippen molar-refractivity contribution in [1.29, 1.82) is 0 Å². The van der Waals surface area contributed by atoms with Crippen LogP contribution in [-0.2, 0) is 4.79 Å². The minimum atomic E-state index is -0.469. The molecule has 0 aliphatic carbocycles. The Bertz CT molecular complexity index is 893. The van der Waals surface area contributed by atoms with E-state index in [0.29, 0.717) is 30.4 Å². The molecule has 1 atom stereocenters. The van der Waals surface area contributed by atoms with Crippen LogP contribution in [0.2, 0.25) is 0 Å². The van der Waals surface area contributed by atoms with Crippen LogP contribution in [0.5, 0.6) is 0 Å². The highest BCUT2D eigenvalue weighted by Crippen LogP contribution is 2.24. The van der Waals surface area contributed by atoms with Crippen molar-refractivity contribution in [2.75, 3.05) is 13.1 Å². The molecule has 2 aromatic rings. The van der Waals surface area contributed by atoms with Gasteiger partial charge in [0, 0.05) is 37.5 Å². The van der Waals surface area contributed by atoms with Gasteiger partial charge in [-0.25, -0.2) is 4.39 Å². The van der Waals surface area contributed by atoms with Crippen molar-refractivity contribution in [1.82, 2.24) is 15.2 Å². The normalized spacial score (nSPS) is 17.3. The number of rotatable bonds is 4. The van der Waals surface area contributed by atoms with Crippen LogP contribution in [-0.4, -0.2) is 40.8 Å². The van der Waals surface area contributed by atoms with E-state index in [2.05, 4.69) is 10.3 Å². The molecule has 0 unspecified atom stereocenters. The third-order valence-electron chi connectivity index (χ3n) is 4.78. The minimum absolute atomic E-state index is 0.0119. The summed E-state index contributed by atoms with van der Waals surface area (Å²) < 4.78 is 13.5. The maximum Gasteiger partial charge on any atom is 0.254 e. The molecule has 6 nitrogen and oxygen atoms in total.